The fourth-order valence-electron chi connectivity index (χ4n) is 1.60. The van der Waals surface area contributed by atoms with Crippen LogP contribution in [-0.4, -0.2) is 22.2 Å². The van der Waals surface area contributed by atoms with E-state index in [1.54, 1.807) is 16.8 Å². The molecule has 6 nitrogen and oxygen atoms in total. The molecule has 1 heterocycles. The third kappa shape index (κ3) is 4.31. The number of hydrogen-bond acceptors (Lipinski definition) is 4. The molecule has 0 saturated carbocycles. The first kappa shape index (κ1) is 14.4. The summed E-state index contributed by atoms with van der Waals surface area (Å²) in [7, 11) is 0. The zero-order valence-electron chi connectivity index (χ0n) is 10.1. The molecule has 100 valence electrons. The van der Waals surface area contributed by atoms with Crippen LogP contribution in [0.15, 0.2) is 18.5 Å². The second-order valence-corrected chi connectivity index (χ2v) is 4.17. The molecule has 0 unspecified atom stereocenters. The average Bonchev–Trinajstić information content (AvgIpc) is 2.34. The summed E-state index contributed by atoms with van der Waals surface area (Å²) in [5.41, 5.74) is 5.75. The summed E-state index contributed by atoms with van der Waals surface area (Å²) in [5, 5.41) is 28.9. The molecule has 0 aliphatic rings. The lowest BCUT2D eigenvalue weighted by molar-refractivity contribution is -0.699. The standard InChI is InChI=1S/C12H18N2O4/c13-10(12(17)18)3-1-2-5-14-6-4-9(8-15)11(16)7-14/h4,6-7,10,15H,1-3,5,8,13H2,(H-,16,17,18)/t10-/m0/s1. The van der Waals surface area contributed by atoms with E-state index >= 15 is 0 Å². The molecule has 0 bridgehead atoms. The molecule has 0 fully saturated rings. The molecular weight excluding hydrogens is 236 g/mol. The highest BCUT2D eigenvalue weighted by atomic mass is 16.4. The average molecular weight is 254 g/mol. The van der Waals surface area contributed by atoms with E-state index in [2.05, 4.69) is 0 Å². The molecule has 0 radical (unpaired) electrons. The molecule has 0 saturated heterocycles. The second kappa shape index (κ2) is 6.93. The lowest BCUT2D eigenvalue weighted by Gasteiger charge is -2.09. The number of aromatic nitrogens is 1. The Hall–Kier alpha value is -1.66. The molecular formula is C12H18N2O4. The Kier molecular flexibility index (Phi) is 5.54. The molecule has 0 amide bonds. The van der Waals surface area contributed by atoms with Gasteiger partial charge in [0.15, 0.2) is 12.4 Å². The summed E-state index contributed by atoms with van der Waals surface area (Å²) in [6, 6.07) is 0.771. The molecule has 0 aromatic carbocycles. The van der Waals surface area contributed by atoms with Crippen molar-refractivity contribution >= 4 is 5.97 Å². The number of hydrogen-bond donors (Lipinski definition) is 3. The van der Waals surface area contributed by atoms with Crippen LogP contribution in [0.5, 0.6) is 5.75 Å². The highest BCUT2D eigenvalue weighted by molar-refractivity contribution is 5.72. The predicted octanol–water partition coefficient (Wildman–Crippen LogP) is -0.878. The van der Waals surface area contributed by atoms with Gasteiger partial charge in [-0.1, -0.05) is 0 Å². The van der Waals surface area contributed by atoms with E-state index in [-0.39, 0.29) is 12.4 Å². The summed E-state index contributed by atoms with van der Waals surface area (Å²) < 4.78 is 1.73. The Morgan fingerprint density at radius 2 is 2.22 bits per heavy atom. The van der Waals surface area contributed by atoms with E-state index in [4.69, 9.17) is 15.9 Å². The molecule has 1 aromatic rings. The first-order valence-electron chi connectivity index (χ1n) is 5.83. The first-order valence-corrected chi connectivity index (χ1v) is 5.83. The van der Waals surface area contributed by atoms with Crippen molar-refractivity contribution in [3.63, 3.8) is 0 Å². The van der Waals surface area contributed by atoms with Crippen LogP contribution in [0.1, 0.15) is 24.8 Å². The number of carboxylic acids is 1. The van der Waals surface area contributed by atoms with Crippen molar-refractivity contribution in [1.82, 2.24) is 0 Å². The van der Waals surface area contributed by atoms with E-state index in [1.165, 1.54) is 6.20 Å². The molecule has 0 aliphatic heterocycles. The lowest BCUT2D eigenvalue weighted by atomic mass is 10.1. The fraction of sp³-hybridized carbons (Fsp3) is 0.500. The molecule has 4 N–H and O–H groups in total. The second-order valence-electron chi connectivity index (χ2n) is 4.17. The monoisotopic (exact) mass is 254 g/mol. The summed E-state index contributed by atoms with van der Waals surface area (Å²) in [4.78, 5) is 10.5. The fourth-order valence-corrected chi connectivity index (χ4v) is 1.60. The molecule has 18 heavy (non-hydrogen) atoms. The number of rotatable bonds is 7. The maximum atomic E-state index is 11.4. The van der Waals surface area contributed by atoms with Crippen LogP contribution in [0.2, 0.25) is 0 Å². The van der Waals surface area contributed by atoms with Gasteiger partial charge in [-0.25, -0.2) is 4.57 Å². The van der Waals surface area contributed by atoms with Crippen LogP contribution < -0.4 is 15.4 Å². The van der Waals surface area contributed by atoms with Gasteiger partial charge in [-0.05, 0) is 24.2 Å². The Labute approximate surface area is 105 Å². The molecule has 1 atom stereocenters. The van der Waals surface area contributed by atoms with Crippen molar-refractivity contribution < 1.29 is 24.7 Å². The van der Waals surface area contributed by atoms with Gasteiger partial charge in [-0.2, -0.15) is 0 Å². The predicted molar refractivity (Wildman–Crippen MR) is 61.5 cm³/mol. The van der Waals surface area contributed by atoms with E-state index in [9.17, 15) is 9.90 Å². The van der Waals surface area contributed by atoms with Gasteiger partial charge in [0.1, 0.15) is 12.6 Å². The van der Waals surface area contributed by atoms with Gasteiger partial charge in [0.05, 0.1) is 6.61 Å². The van der Waals surface area contributed by atoms with Crippen LogP contribution in [0, 0.1) is 0 Å². The van der Waals surface area contributed by atoms with Gasteiger partial charge in [0.2, 0.25) is 0 Å². The van der Waals surface area contributed by atoms with Crippen molar-refractivity contribution in [3.8, 4) is 5.75 Å². The maximum absolute atomic E-state index is 11.4. The van der Waals surface area contributed by atoms with Crippen LogP contribution in [0.25, 0.3) is 0 Å². The molecule has 1 aromatic heterocycles. The smallest absolute Gasteiger partial charge is 0.320 e. The Balaban J connectivity index is 2.36. The van der Waals surface area contributed by atoms with E-state index < -0.39 is 12.0 Å². The Morgan fingerprint density at radius 1 is 1.50 bits per heavy atom. The van der Waals surface area contributed by atoms with Gasteiger partial charge in [-0.15, -0.1) is 0 Å². The van der Waals surface area contributed by atoms with Gasteiger partial charge in [-0.3, -0.25) is 4.79 Å². The maximum Gasteiger partial charge on any atom is 0.320 e. The first-order chi connectivity index (χ1) is 8.54. The van der Waals surface area contributed by atoms with Crippen LogP contribution >= 0.6 is 0 Å². The van der Waals surface area contributed by atoms with E-state index in [0.29, 0.717) is 24.9 Å². The van der Waals surface area contributed by atoms with Gasteiger partial charge < -0.3 is 21.1 Å². The summed E-state index contributed by atoms with van der Waals surface area (Å²) in [5.74, 6) is -1.18. The topological polar surface area (TPSA) is 110 Å². The Morgan fingerprint density at radius 3 is 2.78 bits per heavy atom. The number of aryl methyl sites for hydroxylation is 1. The molecule has 6 heteroatoms. The third-order valence-electron chi connectivity index (χ3n) is 2.74. The number of nitrogens with zero attached hydrogens (tertiary/aromatic N) is 1. The molecule has 1 rings (SSSR count). The van der Waals surface area contributed by atoms with Crippen LogP contribution in [-0.2, 0) is 17.9 Å². The van der Waals surface area contributed by atoms with Crippen molar-refractivity contribution in [2.24, 2.45) is 5.73 Å². The van der Waals surface area contributed by atoms with Crippen molar-refractivity contribution in [3.05, 3.63) is 24.0 Å². The number of unbranched alkanes of at least 4 members (excludes halogenated alkanes) is 1. The van der Waals surface area contributed by atoms with Crippen LogP contribution in [0.4, 0.5) is 0 Å². The number of aliphatic hydroxyl groups excluding tert-OH is 1. The summed E-state index contributed by atoms with van der Waals surface area (Å²) in [6.45, 7) is 0.375. The summed E-state index contributed by atoms with van der Waals surface area (Å²) >= 11 is 0. The lowest BCUT2D eigenvalue weighted by Crippen LogP contribution is -2.34. The molecule has 0 aliphatic carbocycles. The van der Waals surface area contributed by atoms with E-state index in [1.807, 2.05) is 0 Å². The zero-order valence-corrected chi connectivity index (χ0v) is 10.1. The number of aliphatic carboxylic acids is 1. The quantitative estimate of drug-likeness (QED) is 0.432. The van der Waals surface area contributed by atoms with Crippen molar-refractivity contribution in [2.75, 3.05) is 0 Å². The van der Waals surface area contributed by atoms with Gasteiger partial charge >= 0.3 is 5.97 Å². The SMILES string of the molecule is N[C@@H](CCCC[n+]1ccc(CO)c([O-])c1)C(=O)O. The van der Waals surface area contributed by atoms with Gasteiger partial charge in [0.25, 0.3) is 0 Å². The molecule has 0 spiro atoms. The zero-order chi connectivity index (χ0) is 13.5. The largest absolute Gasteiger partial charge is 0.868 e. The third-order valence-corrected chi connectivity index (χ3v) is 2.74. The number of carbonyl (C=O) groups is 1. The van der Waals surface area contributed by atoms with E-state index in [0.717, 1.165) is 6.42 Å². The number of nitrogens with two attached hydrogens (primary N) is 1. The highest BCUT2D eigenvalue weighted by Crippen LogP contribution is 2.09. The van der Waals surface area contributed by atoms with Crippen LogP contribution in [0.3, 0.4) is 0 Å². The highest BCUT2D eigenvalue weighted by Gasteiger charge is 2.11. The minimum Gasteiger partial charge on any atom is -0.868 e. The van der Waals surface area contributed by atoms with Crippen molar-refractivity contribution in [1.29, 1.82) is 0 Å². The minimum atomic E-state index is -0.989. The van der Waals surface area contributed by atoms with Gasteiger partial charge in [0, 0.05) is 12.5 Å². The number of carboxylic acid groups (broad SMARTS) is 1. The Bertz CT molecular complexity index is 409. The normalized spacial score (nSPS) is 12.3. The minimum absolute atomic E-state index is 0.192. The van der Waals surface area contributed by atoms with Crippen molar-refractivity contribution in [2.45, 2.75) is 38.5 Å². The summed E-state index contributed by atoms with van der Waals surface area (Å²) in [6.07, 6.45) is 5.03. The number of aliphatic hydroxyl groups is 1. The number of pyridine rings is 1.